The Balaban J connectivity index is 2.11. The lowest BCUT2D eigenvalue weighted by Gasteiger charge is -2.28. The van der Waals surface area contributed by atoms with Crippen molar-refractivity contribution < 1.29 is 14.3 Å². The highest BCUT2D eigenvalue weighted by atomic mass is 16.6. The number of nitrogens with two attached hydrogens (primary N) is 1. The number of pyridine rings is 1. The number of ether oxygens (including phenoxy) is 2. The average Bonchev–Trinajstić information content (AvgIpc) is 2.42. The van der Waals surface area contributed by atoms with Crippen molar-refractivity contribution in [3.63, 3.8) is 0 Å². The number of nitrogens with one attached hydrogen (secondary N) is 1. The van der Waals surface area contributed by atoms with Crippen LogP contribution in [0.2, 0.25) is 0 Å². The first-order valence-electron chi connectivity index (χ1n) is 6.24. The Morgan fingerprint density at radius 3 is 3.00 bits per heavy atom. The van der Waals surface area contributed by atoms with Crippen molar-refractivity contribution in [2.75, 3.05) is 43.5 Å². The first-order valence-corrected chi connectivity index (χ1v) is 6.24. The van der Waals surface area contributed by atoms with Crippen LogP contribution in [0.3, 0.4) is 0 Å². The third-order valence-electron chi connectivity index (χ3n) is 2.77. The normalized spacial score (nSPS) is 15.1. The molecule has 0 aromatic carbocycles. The molecule has 7 nitrogen and oxygen atoms in total. The van der Waals surface area contributed by atoms with Gasteiger partial charge in [0.25, 0.3) is 0 Å². The highest BCUT2D eigenvalue weighted by Gasteiger charge is 2.15. The molecule has 104 valence electrons. The molecular weight excluding hydrogens is 248 g/mol. The number of aromatic nitrogens is 1. The standard InChI is InChI=1S/C12H18N4O3/c1-2-14-12(17)19-10-7-9(8-15-11(10)13)16-3-5-18-6-4-16/h7-8H,2-6H2,1H3,(H2,13,15)(H,14,17). The van der Waals surface area contributed by atoms with Crippen LogP contribution in [0.25, 0.3) is 0 Å². The van der Waals surface area contributed by atoms with Crippen molar-refractivity contribution >= 4 is 17.6 Å². The summed E-state index contributed by atoms with van der Waals surface area (Å²) in [5.41, 5.74) is 6.58. The average molecular weight is 266 g/mol. The number of amides is 1. The summed E-state index contributed by atoms with van der Waals surface area (Å²) in [6, 6.07) is 1.73. The third kappa shape index (κ3) is 3.47. The molecule has 2 rings (SSSR count). The molecule has 19 heavy (non-hydrogen) atoms. The van der Waals surface area contributed by atoms with Crippen molar-refractivity contribution in [2.24, 2.45) is 0 Å². The molecule has 0 radical (unpaired) electrons. The minimum Gasteiger partial charge on any atom is -0.406 e. The zero-order chi connectivity index (χ0) is 13.7. The van der Waals surface area contributed by atoms with Crippen LogP contribution >= 0.6 is 0 Å². The Kier molecular flexibility index (Phi) is 4.40. The molecule has 1 amide bonds. The van der Waals surface area contributed by atoms with Gasteiger partial charge in [-0.15, -0.1) is 0 Å². The molecule has 0 spiro atoms. The van der Waals surface area contributed by atoms with E-state index in [2.05, 4.69) is 15.2 Å². The Bertz CT molecular complexity index is 447. The number of carbonyl (C=O) groups is 1. The Morgan fingerprint density at radius 1 is 1.58 bits per heavy atom. The number of rotatable bonds is 3. The predicted octanol–water partition coefficient (Wildman–Crippen LogP) is 0.609. The van der Waals surface area contributed by atoms with Gasteiger partial charge in [0.1, 0.15) is 0 Å². The molecule has 1 fully saturated rings. The fourth-order valence-corrected chi connectivity index (χ4v) is 1.80. The Hall–Kier alpha value is -2.02. The number of morpholine rings is 1. The summed E-state index contributed by atoms with van der Waals surface area (Å²) in [6.07, 6.45) is 1.14. The summed E-state index contributed by atoms with van der Waals surface area (Å²) in [5, 5.41) is 2.54. The summed E-state index contributed by atoms with van der Waals surface area (Å²) in [7, 11) is 0. The van der Waals surface area contributed by atoms with Gasteiger partial charge in [-0.25, -0.2) is 9.78 Å². The summed E-state index contributed by atoms with van der Waals surface area (Å²) < 4.78 is 10.4. The first kappa shape index (κ1) is 13.4. The second-order valence-corrected chi connectivity index (χ2v) is 4.10. The molecule has 2 heterocycles. The van der Waals surface area contributed by atoms with Gasteiger partial charge in [-0.3, -0.25) is 0 Å². The van der Waals surface area contributed by atoms with E-state index in [0.29, 0.717) is 19.8 Å². The number of anilines is 2. The Labute approximate surface area is 111 Å². The molecule has 0 unspecified atom stereocenters. The maximum atomic E-state index is 11.4. The molecule has 1 aliphatic rings. The molecule has 1 aromatic heterocycles. The van der Waals surface area contributed by atoms with Crippen LogP contribution in [0.5, 0.6) is 5.75 Å². The van der Waals surface area contributed by atoms with E-state index in [1.807, 2.05) is 6.92 Å². The minimum absolute atomic E-state index is 0.197. The van der Waals surface area contributed by atoms with Crippen LogP contribution in [0.4, 0.5) is 16.3 Å². The molecule has 0 saturated carbocycles. The molecule has 7 heteroatoms. The Morgan fingerprint density at radius 2 is 2.32 bits per heavy atom. The van der Waals surface area contributed by atoms with Crippen LogP contribution in [-0.2, 0) is 4.74 Å². The number of hydrogen-bond acceptors (Lipinski definition) is 6. The van der Waals surface area contributed by atoms with Gasteiger partial charge in [0.05, 0.1) is 25.1 Å². The van der Waals surface area contributed by atoms with Gasteiger partial charge in [-0.05, 0) is 6.92 Å². The van der Waals surface area contributed by atoms with E-state index >= 15 is 0 Å². The van der Waals surface area contributed by atoms with E-state index in [9.17, 15) is 4.79 Å². The van der Waals surface area contributed by atoms with E-state index in [-0.39, 0.29) is 11.6 Å². The fourth-order valence-electron chi connectivity index (χ4n) is 1.80. The summed E-state index contributed by atoms with van der Waals surface area (Å²) in [5.74, 6) is 0.471. The lowest BCUT2D eigenvalue weighted by molar-refractivity contribution is 0.122. The van der Waals surface area contributed by atoms with Crippen molar-refractivity contribution in [1.29, 1.82) is 0 Å². The molecular formula is C12H18N4O3. The summed E-state index contributed by atoms with van der Waals surface area (Å²) in [4.78, 5) is 17.6. The fraction of sp³-hybridized carbons (Fsp3) is 0.500. The van der Waals surface area contributed by atoms with Gasteiger partial charge in [-0.2, -0.15) is 0 Å². The number of nitrogen functional groups attached to an aromatic ring is 1. The van der Waals surface area contributed by atoms with Crippen LogP contribution in [-0.4, -0.2) is 43.9 Å². The minimum atomic E-state index is -0.532. The highest BCUT2D eigenvalue weighted by Crippen LogP contribution is 2.25. The maximum absolute atomic E-state index is 11.4. The van der Waals surface area contributed by atoms with Gasteiger partial charge in [0, 0.05) is 25.7 Å². The zero-order valence-corrected chi connectivity index (χ0v) is 10.9. The predicted molar refractivity (Wildman–Crippen MR) is 71.4 cm³/mol. The smallest absolute Gasteiger partial charge is 0.406 e. The first-order chi connectivity index (χ1) is 9.20. The van der Waals surface area contributed by atoms with E-state index < -0.39 is 6.09 Å². The van der Waals surface area contributed by atoms with Gasteiger partial charge in [0.2, 0.25) is 0 Å². The maximum Gasteiger partial charge on any atom is 0.412 e. The molecule has 3 N–H and O–H groups in total. The molecule has 0 bridgehead atoms. The van der Waals surface area contributed by atoms with Crippen LogP contribution < -0.4 is 20.7 Å². The second-order valence-electron chi connectivity index (χ2n) is 4.10. The highest BCUT2D eigenvalue weighted by molar-refractivity contribution is 5.73. The van der Waals surface area contributed by atoms with Crippen molar-refractivity contribution in [2.45, 2.75) is 6.92 Å². The topological polar surface area (TPSA) is 89.7 Å². The molecule has 1 aromatic rings. The van der Waals surface area contributed by atoms with Crippen LogP contribution in [0, 0.1) is 0 Å². The van der Waals surface area contributed by atoms with E-state index in [1.54, 1.807) is 12.3 Å². The van der Waals surface area contributed by atoms with Gasteiger partial charge >= 0.3 is 6.09 Å². The summed E-state index contributed by atoms with van der Waals surface area (Å²) >= 11 is 0. The monoisotopic (exact) mass is 266 g/mol. The van der Waals surface area contributed by atoms with Gasteiger partial charge < -0.3 is 25.4 Å². The molecule has 1 aliphatic heterocycles. The molecule has 1 saturated heterocycles. The SMILES string of the molecule is CCNC(=O)Oc1cc(N2CCOCC2)cnc1N. The van der Waals surface area contributed by atoms with Crippen LogP contribution in [0.15, 0.2) is 12.3 Å². The van der Waals surface area contributed by atoms with Gasteiger partial charge in [0.15, 0.2) is 11.6 Å². The molecule has 0 atom stereocenters. The van der Waals surface area contributed by atoms with E-state index in [4.69, 9.17) is 15.2 Å². The molecule has 0 aliphatic carbocycles. The van der Waals surface area contributed by atoms with Crippen molar-refractivity contribution in [3.05, 3.63) is 12.3 Å². The lowest BCUT2D eigenvalue weighted by Crippen LogP contribution is -2.36. The number of nitrogens with zero attached hydrogens (tertiary/aromatic N) is 2. The van der Waals surface area contributed by atoms with E-state index in [1.165, 1.54) is 0 Å². The van der Waals surface area contributed by atoms with Crippen molar-refractivity contribution in [1.82, 2.24) is 10.3 Å². The van der Waals surface area contributed by atoms with Gasteiger partial charge in [-0.1, -0.05) is 0 Å². The van der Waals surface area contributed by atoms with Crippen molar-refractivity contribution in [3.8, 4) is 5.75 Å². The number of hydrogen-bond donors (Lipinski definition) is 2. The van der Waals surface area contributed by atoms with E-state index in [0.717, 1.165) is 18.8 Å². The lowest BCUT2D eigenvalue weighted by atomic mass is 10.3. The third-order valence-corrected chi connectivity index (χ3v) is 2.77. The quantitative estimate of drug-likeness (QED) is 0.833. The number of carbonyl (C=O) groups excluding carboxylic acids is 1. The summed E-state index contributed by atoms with van der Waals surface area (Å²) in [6.45, 7) is 5.23. The second kappa shape index (κ2) is 6.24. The van der Waals surface area contributed by atoms with Crippen LogP contribution in [0.1, 0.15) is 6.92 Å². The zero-order valence-electron chi connectivity index (χ0n) is 10.9. The largest absolute Gasteiger partial charge is 0.412 e.